The Bertz CT molecular complexity index is 2420. The van der Waals surface area contributed by atoms with Crippen LogP contribution in [0.3, 0.4) is 0 Å². The fraction of sp³-hybridized carbons (Fsp3) is 0.157. The summed E-state index contributed by atoms with van der Waals surface area (Å²) < 4.78 is 39.2. The molecule has 0 spiro atoms. The molecule has 0 bridgehead atoms. The minimum absolute atomic E-state index is 0.0853. The Balaban J connectivity index is 1.19. The number of ether oxygens (including phenoxy) is 6. The molecular weight excluding hydrogens is 741 g/mol. The number of carbonyl (C=O) groups is 1. The second kappa shape index (κ2) is 18.9. The van der Waals surface area contributed by atoms with Gasteiger partial charge in [0.1, 0.15) is 55.3 Å². The maximum Gasteiger partial charge on any atom is 0.343 e. The summed E-state index contributed by atoms with van der Waals surface area (Å²) in [7, 11) is 0. The highest BCUT2D eigenvalue weighted by atomic mass is 16.6. The first-order chi connectivity index (χ1) is 29.1. The highest BCUT2D eigenvalue weighted by molar-refractivity contribution is 5.95. The number of hydrogen-bond acceptors (Lipinski definition) is 7. The Labute approximate surface area is 344 Å². The topological polar surface area (TPSA) is 92.7 Å². The van der Waals surface area contributed by atoms with E-state index in [4.69, 9.17) is 28.4 Å². The molecule has 0 radical (unpaired) electrons. The van der Waals surface area contributed by atoms with Crippen LogP contribution in [0.15, 0.2) is 176 Å². The lowest BCUT2D eigenvalue weighted by Crippen LogP contribution is -2.34. The predicted molar refractivity (Wildman–Crippen MR) is 225 cm³/mol. The summed E-state index contributed by atoms with van der Waals surface area (Å²) in [6, 6.07) is 56.6. The van der Waals surface area contributed by atoms with Crippen LogP contribution < -0.4 is 23.7 Å². The van der Waals surface area contributed by atoms with Crippen molar-refractivity contribution in [3.63, 3.8) is 0 Å². The molecule has 1 heterocycles. The minimum Gasteiger partial charge on any atom is -0.488 e. The van der Waals surface area contributed by atoms with Crippen molar-refractivity contribution < 1.29 is 38.3 Å². The molecule has 59 heavy (non-hydrogen) atoms. The van der Waals surface area contributed by atoms with Crippen molar-refractivity contribution in [1.29, 1.82) is 0 Å². The number of rotatable bonds is 17. The van der Waals surface area contributed by atoms with Crippen LogP contribution in [0, 0.1) is 0 Å². The lowest BCUT2D eigenvalue weighted by molar-refractivity contribution is -0.0472. The number of hydrogen-bond donors (Lipinski definition) is 1. The van der Waals surface area contributed by atoms with Crippen molar-refractivity contribution in [3.8, 4) is 28.7 Å². The smallest absolute Gasteiger partial charge is 0.343 e. The molecule has 1 aliphatic heterocycles. The molecule has 0 amide bonds. The van der Waals surface area contributed by atoms with Crippen molar-refractivity contribution in [2.75, 3.05) is 0 Å². The van der Waals surface area contributed by atoms with Gasteiger partial charge >= 0.3 is 5.97 Å². The second-order valence-electron chi connectivity index (χ2n) is 14.2. The molecule has 0 unspecified atom stereocenters. The quantitative estimate of drug-likeness (QED) is 0.0976. The van der Waals surface area contributed by atoms with Gasteiger partial charge in [0.15, 0.2) is 17.6 Å². The van der Waals surface area contributed by atoms with Gasteiger partial charge in [0, 0.05) is 18.1 Å². The fourth-order valence-corrected chi connectivity index (χ4v) is 7.01. The molecule has 296 valence electrons. The number of carboxylic acids is 1. The Kier molecular flexibility index (Phi) is 12.5. The van der Waals surface area contributed by atoms with Crippen molar-refractivity contribution in [2.45, 2.75) is 51.7 Å². The van der Waals surface area contributed by atoms with Crippen LogP contribution in [0.5, 0.6) is 28.7 Å². The Morgan fingerprint density at radius 1 is 0.492 bits per heavy atom. The molecular formula is C51H44O8. The van der Waals surface area contributed by atoms with Crippen LogP contribution >= 0.6 is 0 Å². The largest absolute Gasteiger partial charge is 0.488 e. The maximum absolute atomic E-state index is 13.3. The van der Waals surface area contributed by atoms with E-state index in [1.807, 2.05) is 170 Å². The summed E-state index contributed by atoms with van der Waals surface area (Å²) in [6.45, 7) is 1.36. The molecule has 0 aliphatic carbocycles. The molecule has 7 aromatic carbocycles. The molecule has 7 aromatic rings. The van der Waals surface area contributed by atoms with Crippen LogP contribution in [0.1, 0.15) is 55.4 Å². The van der Waals surface area contributed by atoms with Crippen LogP contribution in [-0.4, -0.2) is 17.2 Å². The number of carboxylic acid groups (broad SMARTS) is 1. The first-order valence-electron chi connectivity index (χ1n) is 19.6. The first kappa shape index (κ1) is 38.8. The monoisotopic (exact) mass is 784 g/mol. The van der Waals surface area contributed by atoms with E-state index in [1.165, 1.54) is 0 Å². The third-order valence-corrected chi connectivity index (χ3v) is 10.1. The maximum atomic E-state index is 13.3. The highest BCUT2D eigenvalue weighted by Crippen LogP contribution is 2.48. The Morgan fingerprint density at radius 2 is 0.915 bits per heavy atom. The van der Waals surface area contributed by atoms with Crippen molar-refractivity contribution in [1.82, 2.24) is 0 Å². The van der Waals surface area contributed by atoms with E-state index in [0.29, 0.717) is 49.1 Å². The summed E-state index contributed by atoms with van der Waals surface area (Å²) in [5.74, 6) is 0.668. The summed E-state index contributed by atoms with van der Waals surface area (Å²) >= 11 is 0. The van der Waals surface area contributed by atoms with Gasteiger partial charge in [-0.05, 0) is 45.5 Å². The van der Waals surface area contributed by atoms with Crippen LogP contribution in [-0.2, 0) is 44.2 Å². The van der Waals surface area contributed by atoms with E-state index in [2.05, 4.69) is 0 Å². The van der Waals surface area contributed by atoms with E-state index in [9.17, 15) is 9.90 Å². The van der Waals surface area contributed by atoms with E-state index in [0.717, 1.165) is 33.4 Å². The standard InChI is InChI=1S/C51H44O8/c52-51(53)48-46(57-34-39-22-12-4-13-23-39)30-44(55-32-37-18-8-2-9-19-37)42-29-47(58-35-40-24-14-5-15-25-40)49(59-50(42)48)41-26-27-43(54-31-36-16-6-1-7-17-36)45(28-41)56-33-38-20-10-3-11-21-38/h1-28,30,47,49H,29,31-35H2,(H,52,53)/t47-,49+/m0/s1. The number of benzene rings is 7. The van der Waals surface area contributed by atoms with Gasteiger partial charge in [-0.2, -0.15) is 0 Å². The van der Waals surface area contributed by atoms with Crippen molar-refractivity contribution in [3.05, 3.63) is 220 Å². The Hall–Kier alpha value is -7.03. The lowest BCUT2D eigenvalue weighted by Gasteiger charge is -2.36. The molecule has 0 fully saturated rings. The predicted octanol–water partition coefficient (Wildman–Crippen LogP) is 11.0. The zero-order valence-electron chi connectivity index (χ0n) is 32.4. The molecule has 1 N–H and O–H groups in total. The van der Waals surface area contributed by atoms with Crippen LogP contribution in [0.2, 0.25) is 0 Å². The van der Waals surface area contributed by atoms with Gasteiger partial charge in [-0.25, -0.2) is 4.79 Å². The number of aromatic carboxylic acids is 1. The summed E-state index contributed by atoms with van der Waals surface area (Å²) in [6.07, 6.45) is -1.02. The molecule has 2 atom stereocenters. The van der Waals surface area contributed by atoms with E-state index >= 15 is 0 Å². The van der Waals surface area contributed by atoms with Gasteiger partial charge in [-0.15, -0.1) is 0 Å². The molecule has 8 nitrogen and oxygen atoms in total. The average molecular weight is 785 g/mol. The molecule has 0 aromatic heterocycles. The second-order valence-corrected chi connectivity index (χ2v) is 14.2. The van der Waals surface area contributed by atoms with Gasteiger partial charge in [0.2, 0.25) is 0 Å². The molecule has 1 aliphatic rings. The molecule has 0 saturated carbocycles. The van der Waals surface area contributed by atoms with Gasteiger partial charge in [0.05, 0.1) is 6.61 Å². The Morgan fingerprint density at radius 3 is 1.39 bits per heavy atom. The van der Waals surface area contributed by atoms with E-state index < -0.39 is 18.2 Å². The summed E-state index contributed by atoms with van der Waals surface area (Å²) in [4.78, 5) is 13.3. The molecule has 8 rings (SSSR count). The van der Waals surface area contributed by atoms with E-state index in [1.54, 1.807) is 6.07 Å². The normalized spacial score (nSPS) is 14.4. The third-order valence-electron chi connectivity index (χ3n) is 10.1. The average Bonchev–Trinajstić information content (AvgIpc) is 3.29. The first-order valence-corrected chi connectivity index (χ1v) is 19.6. The molecule has 0 saturated heterocycles. The van der Waals surface area contributed by atoms with E-state index in [-0.39, 0.29) is 30.3 Å². The van der Waals surface area contributed by atoms with Crippen molar-refractivity contribution >= 4 is 5.97 Å². The fourth-order valence-electron chi connectivity index (χ4n) is 7.01. The lowest BCUT2D eigenvalue weighted by atomic mass is 9.91. The minimum atomic E-state index is -1.18. The van der Waals surface area contributed by atoms with Gasteiger partial charge < -0.3 is 33.5 Å². The van der Waals surface area contributed by atoms with Gasteiger partial charge in [0.25, 0.3) is 0 Å². The number of fused-ring (bicyclic) bond motifs is 1. The zero-order valence-corrected chi connectivity index (χ0v) is 32.4. The SMILES string of the molecule is O=C(O)c1c(OCc2ccccc2)cc(OCc2ccccc2)c2c1O[C@H](c1ccc(OCc3ccccc3)c(OCc3ccccc3)c1)[C@@H](OCc1ccccc1)C2. The van der Waals surface area contributed by atoms with Crippen LogP contribution in [0.25, 0.3) is 0 Å². The van der Waals surface area contributed by atoms with Crippen LogP contribution in [0.4, 0.5) is 0 Å². The zero-order chi connectivity index (χ0) is 40.2. The highest BCUT2D eigenvalue weighted by Gasteiger charge is 2.39. The molecule has 8 heteroatoms. The van der Waals surface area contributed by atoms with Gasteiger partial charge in [-0.1, -0.05) is 158 Å². The summed E-state index contributed by atoms with van der Waals surface area (Å²) in [5, 5.41) is 10.8. The van der Waals surface area contributed by atoms with Gasteiger partial charge in [-0.3, -0.25) is 0 Å². The van der Waals surface area contributed by atoms with Crippen molar-refractivity contribution in [2.24, 2.45) is 0 Å². The third kappa shape index (κ3) is 9.93. The summed E-state index contributed by atoms with van der Waals surface area (Å²) in [5.41, 5.74) is 6.08.